The van der Waals surface area contributed by atoms with E-state index in [0.29, 0.717) is 11.4 Å². The molecule has 0 unspecified atom stereocenters. The highest BCUT2D eigenvalue weighted by Crippen LogP contribution is 2.18. The molecule has 16 heavy (non-hydrogen) atoms. The van der Waals surface area contributed by atoms with Crippen LogP contribution in [0.4, 0.5) is 0 Å². The summed E-state index contributed by atoms with van der Waals surface area (Å²) in [6, 6.07) is 5.64. The number of pyridine rings is 1. The predicted octanol–water partition coefficient (Wildman–Crippen LogP) is 0.769. The van der Waals surface area contributed by atoms with Gasteiger partial charge in [-0.2, -0.15) is 5.26 Å². The van der Waals surface area contributed by atoms with Gasteiger partial charge in [0, 0.05) is 19.0 Å². The standard InChI is InChI=1S/C9H8N6S/c1-15-9(12-13-14-15)16-6-7-2-3-11-8(4-7)5-10/h2-4H,6H2,1H3. The molecular weight excluding hydrogens is 224 g/mol. The largest absolute Gasteiger partial charge is 0.246 e. The Morgan fingerprint density at radius 1 is 1.56 bits per heavy atom. The van der Waals surface area contributed by atoms with Gasteiger partial charge in [-0.05, 0) is 28.1 Å². The highest BCUT2D eigenvalue weighted by molar-refractivity contribution is 7.98. The van der Waals surface area contributed by atoms with Gasteiger partial charge >= 0.3 is 0 Å². The van der Waals surface area contributed by atoms with Crippen LogP contribution in [0.15, 0.2) is 23.5 Å². The number of aromatic nitrogens is 5. The summed E-state index contributed by atoms with van der Waals surface area (Å²) in [4.78, 5) is 3.90. The molecule has 2 rings (SSSR count). The smallest absolute Gasteiger partial charge is 0.209 e. The van der Waals surface area contributed by atoms with Crippen molar-refractivity contribution in [2.24, 2.45) is 7.05 Å². The molecule has 0 aliphatic carbocycles. The molecule has 0 amide bonds. The summed E-state index contributed by atoms with van der Waals surface area (Å²) >= 11 is 1.52. The van der Waals surface area contributed by atoms with Gasteiger partial charge in [0.15, 0.2) is 0 Å². The summed E-state index contributed by atoms with van der Waals surface area (Å²) in [5, 5.41) is 20.6. The molecule has 0 saturated carbocycles. The van der Waals surface area contributed by atoms with Crippen LogP contribution in [-0.2, 0) is 12.8 Å². The molecule has 2 heterocycles. The Balaban J connectivity index is 2.05. The lowest BCUT2D eigenvalue weighted by molar-refractivity contribution is 0.664. The topological polar surface area (TPSA) is 80.3 Å². The van der Waals surface area contributed by atoms with Gasteiger partial charge < -0.3 is 0 Å². The van der Waals surface area contributed by atoms with E-state index < -0.39 is 0 Å². The lowest BCUT2D eigenvalue weighted by Crippen LogP contribution is -1.93. The summed E-state index contributed by atoms with van der Waals surface area (Å²) in [6.45, 7) is 0. The van der Waals surface area contributed by atoms with Crippen molar-refractivity contribution in [1.82, 2.24) is 25.2 Å². The second-order valence-corrected chi connectivity index (χ2v) is 3.98. The third-order valence-electron chi connectivity index (χ3n) is 1.89. The Hall–Kier alpha value is -1.94. The maximum atomic E-state index is 8.70. The van der Waals surface area contributed by atoms with E-state index in [0.717, 1.165) is 10.7 Å². The molecule has 0 atom stereocenters. The summed E-state index contributed by atoms with van der Waals surface area (Å²) in [5.41, 5.74) is 1.45. The summed E-state index contributed by atoms with van der Waals surface area (Å²) < 4.78 is 1.61. The second kappa shape index (κ2) is 4.72. The van der Waals surface area contributed by atoms with Gasteiger partial charge in [0.25, 0.3) is 0 Å². The highest BCUT2D eigenvalue weighted by Gasteiger charge is 2.03. The lowest BCUT2D eigenvalue weighted by Gasteiger charge is -1.99. The number of rotatable bonds is 3. The maximum absolute atomic E-state index is 8.70. The van der Waals surface area contributed by atoms with Crippen molar-refractivity contribution < 1.29 is 0 Å². The minimum Gasteiger partial charge on any atom is -0.246 e. The van der Waals surface area contributed by atoms with E-state index in [-0.39, 0.29) is 0 Å². The number of nitrogens with zero attached hydrogens (tertiary/aromatic N) is 6. The van der Waals surface area contributed by atoms with Gasteiger partial charge in [0.2, 0.25) is 5.16 Å². The van der Waals surface area contributed by atoms with E-state index >= 15 is 0 Å². The van der Waals surface area contributed by atoms with E-state index in [1.165, 1.54) is 11.8 Å². The number of tetrazole rings is 1. The fraction of sp³-hybridized carbons (Fsp3) is 0.222. The van der Waals surface area contributed by atoms with Crippen molar-refractivity contribution in [3.05, 3.63) is 29.6 Å². The van der Waals surface area contributed by atoms with Crippen LogP contribution in [-0.4, -0.2) is 25.2 Å². The monoisotopic (exact) mass is 232 g/mol. The first-order valence-corrected chi connectivity index (χ1v) is 5.48. The number of hydrogen-bond acceptors (Lipinski definition) is 6. The Kier molecular flexibility index (Phi) is 3.12. The van der Waals surface area contributed by atoms with Crippen LogP contribution in [0.5, 0.6) is 0 Å². The Morgan fingerprint density at radius 3 is 3.12 bits per heavy atom. The Morgan fingerprint density at radius 2 is 2.44 bits per heavy atom. The SMILES string of the molecule is Cn1nnnc1SCc1ccnc(C#N)c1. The van der Waals surface area contributed by atoms with Crippen LogP contribution >= 0.6 is 11.8 Å². The Bertz CT molecular complexity index is 529. The molecule has 0 aromatic carbocycles. The van der Waals surface area contributed by atoms with Gasteiger partial charge in [0.1, 0.15) is 11.8 Å². The van der Waals surface area contributed by atoms with Gasteiger partial charge in [0.05, 0.1) is 0 Å². The molecule has 0 radical (unpaired) electrons. The molecule has 2 aromatic rings. The molecule has 0 fully saturated rings. The van der Waals surface area contributed by atoms with E-state index in [1.807, 2.05) is 12.1 Å². The van der Waals surface area contributed by atoms with Crippen molar-refractivity contribution >= 4 is 11.8 Å². The first-order chi connectivity index (χ1) is 7.79. The number of hydrogen-bond donors (Lipinski definition) is 0. The average molecular weight is 232 g/mol. The number of thioether (sulfide) groups is 1. The van der Waals surface area contributed by atoms with E-state index in [2.05, 4.69) is 20.5 Å². The van der Waals surface area contributed by atoms with Crippen molar-refractivity contribution in [1.29, 1.82) is 5.26 Å². The van der Waals surface area contributed by atoms with Gasteiger partial charge in [-0.25, -0.2) is 9.67 Å². The van der Waals surface area contributed by atoms with Crippen molar-refractivity contribution in [2.45, 2.75) is 10.9 Å². The average Bonchev–Trinajstić information content (AvgIpc) is 2.72. The zero-order valence-electron chi connectivity index (χ0n) is 8.53. The van der Waals surface area contributed by atoms with Crippen molar-refractivity contribution in [2.75, 3.05) is 0 Å². The van der Waals surface area contributed by atoms with E-state index in [1.54, 1.807) is 24.0 Å². The molecule has 0 bridgehead atoms. The zero-order valence-corrected chi connectivity index (χ0v) is 9.35. The number of nitriles is 1. The number of aryl methyl sites for hydroxylation is 1. The molecular formula is C9H8N6S. The van der Waals surface area contributed by atoms with E-state index in [9.17, 15) is 0 Å². The van der Waals surface area contributed by atoms with Crippen LogP contribution in [0.3, 0.4) is 0 Å². The lowest BCUT2D eigenvalue weighted by atomic mass is 10.2. The van der Waals surface area contributed by atoms with Crippen LogP contribution in [0.1, 0.15) is 11.3 Å². The quantitative estimate of drug-likeness (QED) is 0.727. The third kappa shape index (κ3) is 2.35. The van der Waals surface area contributed by atoms with Gasteiger partial charge in [-0.1, -0.05) is 11.8 Å². The van der Waals surface area contributed by atoms with Crippen LogP contribution in [0, 0.1) is 11.3 Å². The zero-order chi connectivity index (χ0) is 11.4. The maximum Gasteiger partial charge on any atom is 0.209 e. The second-order valence-electron chi connectivity index (χ2n) is 3.03. The molecule has 6 nitrogen and oxygen atoms in total. The summed E-state index contributed by atoms with van der Waals surface area (Å²) in [6.07, 6.45) is 1.63. The molecule has 0 N–H and O–H groups in total. The molecule has 0 aliphatic rings. The van der Waals surface area contributed by atoms with Crippen LogP contribution in [0.25, 0.3) is 0 Å². The summed E-state index contributed by atoms with van der Waals surface area (Å²) in [7, 11) is 1.79. The molecule has 7 heteroatoms. The van der Waals surface area contributed by atoms with E-state index in [4.69, 9.17) is 5.26 Å². The molecule has 0 saturated heterocycles. The fourth-order valence-corrected chi connectivity index (χ4v) is 1.91. The minimum atomic E-state index is 0.425. The van der Waals surface area contributed by atoms with Crippen LogP contribution < -0.4 is 0 Å². The first-order valence-electron chi connectivity index (χ1n) is 4.50. The molecule has 80 valence electrons. The molecule has 2 aromatic heterocycles. The highest BCUT2D eigenvalue weighted by atomic mass is 32.2. The molecule has 0 spiro atoms. The fourth-order valence-electron chi connectivity index (χ4n) is 1.12. The van der Waals surface area contributed by atoms with Crippen molar-refractivity contribution in [3.63, 3.8) is 0 Å². The van der Waals surface area contributed by atoms with Crippen molar-refractivity contribution in [3.8, 4) is 6.07 Å². The van der Waals surface area contributed by atoms with Gasteiger partial charge in [-0.3, -0.25) is 0 Å². The Labute approximate surface area is 96.3 Å². The minimum absolute atomic E-state index is 0.425. The molecule has 0 aliphatic heterocycles. The summed E-state index contributed by atoms with van der Waals surface area (Å²) in [5.74, 6) is 0.714. The van der Waals surface area contributed by atoms with Crippen LogP contribution in [0.2, 0.25) is 0 Å². The third-order valence-corrected chi connectivity index (χ3v) is 2.97. The normalized spacial score (nSPS) is 10.0. The first kappa shape index (κ1) is 10.6. The predicted molar refractivity (Wildman–Crippen MR) is 57.3 cm³/mol. The van der Waals surface area contributed by atoms with Gasteiger partial charge in [-0.15, -0.1) is 5.10 Å².